The Morgan fingerprint density at radius 1 is 1.15 bits per heavy atom. The Bertz CT molecular complexity index is 706. The molecule has 0 amide bonds. The van der Waals surface area contributed by atoms with Crippen molar-refractivity contribution >= 4 is 22.8 Å². The van der Waals surface area contributed by atoms with Gasteiger partial charge in [-0.2, -0.15) is 0 Å². The van der Waals surface area contributed by atoms with Gasteiger partial charge in [-0.25, -0.2) is 9.37 Å². The largest absolute Gasteiger partial charge is 0.333 e. The highest BCUT2D eigenvalue weighted by Crippen LogP contribution is 2.23. The molecule has 2 aromatic carbocycles. The summed E-state index contributed by atoms with van der Waals surface area (Å²) < 4.78 is 13.4. The third kappa shape index (κ3) is 2.84. The lowest BCUT2D eigenvalue weighted by Gasteiger charge is -2.03. The average molecular weight is 287 g/mol. The van der Waals surface area contributed by atoms with Crippen LogP contribution in [0.15, 0.2) is 47.6 Å². The van der Waals surface area contributed by atoms with Gasteiger partial charge in [-0.1, -0.05) is 30.0 Å². The van der Waals surface area contributed by atoms with Gasteiger partial charge in [-0.15, -0.1) is 0 Å². The summed E-state index contributed by atoms with van der Waals surface area (Å²) >= 11 is 1.55. The maximum Gasteiger partial charge on any atom is 0.166 e. The second kappa shape index (κ2) is 5.64. The van der Waals surface area contributed by atoms with Crippen LogP contribution in [-0.2, 0) is 12.3 Å². The van der Waals surface area contributed by atoms with Crippen LogP contribution in [0.1, 0.15) is 11.1 Å². The van der Waals surface area contributed by atoms with Crippen molar-refractivity contribution in [2.45, 2.75) is 17.5 Å². The molecule has 0 aliphatic heterocycles. The highest BCUT2D eigenvalue weighted by atomic mass is 32.2. The Kier molecular flexibility index (Phi) is 3.71. The van der Waals surface area contributed by atoms with E-state index in [9.17, 15) is 4.39 Å². The van der Waals surface area contributed by atoms with Gasteiger partial charge in [0.15, 0.2) is 5.16 Å². The maximum absolute atomic E-state index is 13.4. The summed E-state index contributed by atoms with van der Waals surface area (Å²) in [7, 11) is 0. The van der Waals surface area contributed by atoms with E-state index < -0.39 is 0 Å². The number of fused-ring (bicyclic) bond motifs is 1. The lowest BCUT2D eigenvalue weighted by molar-refractivity contribution is 0.624. The van der Waals surface area contributed by atoms with Crippen molar-refractivity contribution in [2.24, 2.45) is 5.73 Å². The van der Waals surface area contributed by atoms with Gasteiger partial charge in [0.05, 0.1) is 11.0 Å². The molecule has 0 unspecified atom stereocenters. The molecular formula is C15H14FN3S. The van der Waals surface area contributed by atoms with Crippen molar-refractivity contribution in [3.05, 3.63) is 59.4 Å². The number of nitrogens with two attached hydrogens (primary N) is 1. The predicted molar refractivity (Wildman–Crippen MR) is 79.9 cm³/mol. The maximum atomic E-state index is 13.4. The molecule has 3 N–H and O–H groups in total. The van der Waals surface area contributed by atoms with Crippen LogP contribution in [-0.4, -0.2) is 9.97 Å². The number of nitrogens with one attached hydrogen (secondary N) is 1. The normalized spacial score (nSPS) is 11.1. The number of aromatic amines is 1. The molecule has 0 saturated carbocycles. The molecule has 0 fully saturated rings. The van der Waals surface area contributed by atoms with Crippen LogP contribution < -0.4 is 5.73 Å². The number of hydrogen-bond donors (Lipinski definition) is 2. The van der Waals surface area contributed by atoms with Crippen LogP contribution in [0, 0.1) is 5.82 Å². The Morgan fingerprint density at radius 3 is 2.75 bits per heavy atom. The summed E-state index contributed by atoms with van der Waals surface area (Å²) in [4.78, 5) is 7.72. The molecule has 3 nitrogen and oxygen atoms in total. The van der Waals surface area contributed by atoms with Crippen molar-refractivity contribution in [1.29, 1.82) is 0 Å². The Morgan fingerprint density at radius 2 is 1.95 bits per heavy atom. The zero-order valence-corrected chi connectivity index (χ0v) is 11.6. The molecular weight excluding hydrogens is 273 g/mol. The van der Waals surface area contributed by atoms with E-state index in [1.54, 1.807) is 11.8 Å². The molecule has 0 radical (unpaired) electrons. The van der Waals surface area contributed by atoms with Gasteiger partial charge in [-0.05, 0) is 35.4 Å². The lowest BCUT2D eigenvalue weighted by Crippen LogP contribution is -1.98. The fourth-order valence-corrected chi connectivity index (χ4v) is 2.88. The van der Waals surface area contributed by atoms with Crippen LogP contribution in [0.2, 0.25) is 0 Å². The Balaban J connectivity index is 1.77. The number of aromatic nitrogens is 2. The van der Waals surface area contributed by atoms with Crippen LogP contribution >= 0.6 is 11.8 Å². The van der Waals surface area contributed by atoms with Crippen molar-refractivity contribution in [1.82, 2.24) is 9.97 Å². The number of nitrogens with zero attached hydrogens (tertiary/aromatic N) is 1. The number of para-hydroxylation sites is 2. The minimum atomic E-state index is -0.242. The number of imidazole rings is 1. The van der Waals surface area contributed by atoms with Crippen molar-refractivity contribution < 1.29 is 4.39 Å². The molecule has 5 heteroatoms. The van der Waals surface area contributed by atoms with Gasteiger partial charge < -0.3 is 10.7 Å². The van der Waals surface area contributed by atoms with E-state index in [1.165, 1.54) is 12.1 Å². The Hall–Kier alpha value is -1.85. The van der Waals surface area contributed by atoms with E-state index in [-0.39, 0.29) is 5.82 Å². The summed E-state index contributed by atoms with van der Waals surface area (Å²) in [5.41, 5.74) is 9.23. The van der Waals surface area contributed by atoms with E-state index in [0.717, 1.165) is 27.3 Å². The molecule has 102 valence electrons. The second-order valence-corrected chi connectivity index (χ2v) is 5.48. The summed E-state index contributed by atoms with van der Waals surface area (Å²) in [6, 6.07) is 12.8. The number of H-pyrrole nitrogens is 1. The minimum absolute atomic E-state index is 0.242. The van der Waals surface area contributed by atoms with Gasteiger partial charge in [0.25, 0.3) is 0 Å². The number of rotatable bonds is 4. The summed E-state index contributed by atoms with van der Waals surface area (Å²) in [6.07, 6.45) is 0. The van der Waals surface area contributed by atoms with Crippen LogP contribution in [0.4, 0.5) is 4.39 Å². The quantitative estimate of drug-likeness (QED) is 0.723. The predicted octanol–water partition coefficient (Wildman–Crippen LogP) is 3.45. The highest BCUT2D eigenvalue weighted by Gasteiger charge is 2.05. The SMILES string of the molecule is NCc1cc(F)cc(CSc2nc3ccccc3[nH]2)c1. The number of benzene rings is 2. The lowest BCUT2D eigenvalue weighted by atomic mass is 10.1. The first-order valence-electron chi connectivity index (χ1n) is 6.30. The van der Waals surface area contributed by atoms with E-state index in [0.29, 0.717) is 12.3 Å². The van der Waals surface area contributed by atoms with Crippen molar-refractivity contribution in [3.8, 4) is 0 Å². The summed E-state index contributed by atoms with van der Waals surface area (Å²) in [6.45, 7) is 0.347. The first-order valence-corrected chi connectivity index (χ1v) is 7.29. The molecule has 20 heavy (non-hydrogen) atoms. The molecule has 0 spiro atoms. The third-order valence-electron chi connectivity index (χ3n) is 3.00. The topological polar surface area (TPSA) is 54.7 Å². The standard InChI is InChI=1S/C15H14FN3S/c16-12-6-10(8-17)5-11(7-12)9-20-15-18-13-3-1-2-4-14(13)19-15/h1-7H,8-9,17H2,(H,18,19). The van der Waals surface area contributed by atoms with Crippen LogP contribution in [0.5, 0.6) is 0 Å². The number of halogens is 1. The average Bonchev–Trinajstić information content (AvgIpc) is 2.87. The number of thioether (sulfide) groups is 1. The molecule has 3 rings (SSSR count). The number of hydrogen-bond acceptors (Lipinski definition) is 3. The molecule has 3 aromatic rings. The first-order chi connectivity index (χ1) is 9.74. The fourth-order valence-electron chi connectivity index (χ4n) is 2.07. The summed E-state index contributed by atoms with van der Waals surface area (Å²) in [5, 5.41) is 0.838. The van der Waals surface area contributed by atoms with Gasteiger partial charge in [-0.3, -0.25) is 0 Å². The minimum Gasteiger partial charge on any atom is -0.333 e. The van der Waals surface area contributed by atoms with Gasteiger partial charge >= 0.3 is 0 Å². The van der Waals surface area contributed by atoms with E-state index >= 15 is 0 Å². The van der Waals surface area contributed by atoms with Gasteiger partial charge in [0.1, 0.15) is 5.82 Å². The Labute approximate surface area is 120 Å². The van der Waals surface area contributed by atoms with Gasteiger partial charge in [0, 0.05) is 12.3 Å². The van der Waals surface area contributed by atoms with Crippen LogP contribution in [0.3, 0.4) is 0 Å². The van der Waals surface area contributed by atoms with E-state index in [1.807, 2.05) is 30.3 Å². The molecule has 0 bridgehead atoms. The highest BCUT2D eigenvalue weighted by molar-refractivity contribution is 7.98. The molecule has 1 heterocycles. The zero-order chi connectivity index (χ0) is 13.9. The smallest absolute Gasteiger partial charge is 0.166 e. The van der Waals surface area contributed by atoms with E-state index in [2.05, 4.69) is 9.97 Å². The second-order valence-electron chi connectivity index (χ2n) is 4.52. The first kappa shape index (κ1) is 13.1. The molecule has 0 saturated heterocycles. The third-order valence-corrected chi connectivity index (χ3v) is 3.94. The fraction of sp³-hybridized carbons (Fsp3) is 0.133. The molecule has 0 atom stereocenters. The summed E-state index contributed by atoms with van der Waals surface area (Å²) in [5.74, 6) is 0.415. The molecule has 1 aromatic heterocycles. The van der Waals surface area contributed by atoms with E-state index in [4.69, 9.17) is 5.73 Å². The van der Waals surface area contributed by atoms with Crippen molar-refractivity contribution in [2.75, 3.05) is 0 Å². The van der Waals surface area contributed by atoms with Crippen molar-refractivity contribution in [3.63, 3.8) is 0 Å². The zero-order valence-electron chi connectivity index (χ0n) is 10.8. The molecule has 0 aliphatic carbocycles. The monoisotopic (exact) mass is 287 g/mol. The van der Waals surface area contributed by atoms with Crippen LogP contribution in [0.25, 0.3) is 11.0 Å². The van der Waals surface area contributed by atoms with Gasteiger partial charge in [0.2, 0.25) is 0 Å². The molecule has 0 aliphatic rings.